The van der Waals surface area contributed by atoms with E-state index in [1.165, 1.54) is 0 Å². The largest absolute Gasteiger partial charge is 0.364 e. The highest BCUT2D eigenvalue weighted by Crippen LogP contribution is 2.05. The van der Waals surface area contributed by atoms with E-state index in [-0.39, 0.29) is 5.69 Å². The van der Waals surface area contributed by atoms with Gasteiger partial charge in [0, 0.05) is 18.0 Å². The molecule has 5 nitrogen and oxygen atoms in total. The average Bonchev–Trinajstić information content (AvgIpc) is 2.49. The van der Waals surface area contributed by atoms with Crippen molar-refractivity contribution in [2.24, 2.45) is 5.73 Å². The summed E-state index contributed by atoms with van der Waals surface area (Å²) < 4.78 is 1.58. The summed E-state index contributed by atoms with van der Waals surface area (Å²) in [4.78, 5) is 14.8. The molecule has 0 atom stereocenters. The molecule has 0 aliphatic heterocycles. The van der Waals surface area contributed by atoms with Crippen LogP contribution in [0.4, 0.5) is 0 Å². The fraction of sp³-hybridized carbons (Fsp3) is 0.125. The van der Waals surface area contributed by atoms with Crippen LogP contribution in [-0.2, 0) is 0 Å². The van der Waals surface area contributed by atoms with Gasteiger partial charge in [0.1, 0.15) is 0 Å². The van der Waals surface area contributed by atoms with Gasteiger partial charge in [0.15, 0.2) is 11.3 Å². The SMILES string of the molecule is Cc1ccnc2cc(C(N)=O)nn12. The minimum absolute atomic E-state index is 0.238. The number of fused-ring (bicyclic) bond motifs is 1. The van der Waals surface area contributed by atoms with Gasteiger partial charge < -0.3 is 5.73 Å². The minimum atomic E-state index is -0.537. The van der Waals surface area contributed by atoms with Gasteiger partial charge >= 0.3 is 0 Å². The molecule has 13 heavy (non-hydrogen) atoms. The zero-order chi connectivity index (χ0) is 9.42. The molecule has 0 spiro atoms. The minimum Gasteiger partial charge on any atom is -0.364 e. The van der Waals surface area contributed by atoms with Gasteiger partial charge in [0.25, 0.3) is 5.91 Å². The predicted octanol–water partition coefficient (Wildman–Crippen LogP) is 0.137. The summed E-state index contributed by atoms with van der Waals surface area (Å²) in [6, 6.07) is 3.38. The predicted molar refractivity (Wildman–Crippen MR) is 46.2 cm³/mol. The van der Waals surface area contributed by atoms with Crippen molar-refractivity contribution in [2.75, 3.05) is 0 Å². The lowest BCUT2D eigenvalue weighted by molar-refractivity contribution is 0.0995. The van der Waals surface area contributed by atoms with Gasteiger partial charge in [-0.15, -0.1) is 0 Å². The van der Waals surface area contributed by atoms with Crippen molar-refractivity contribution in [2.45, 2.75) is 6.92 Å². The van der Waals surface area contributed by atoms with Crippen LogP contribution in [0.25, 0.3) is 5.65 Å². The lowest BCUT2D eigenvalue weighted by atomic mass is 10.4. The van der Waals surface area contributed by atoms with Crippen molar-refractivity contribution < 1.29 is 4.79 Å². The first-order chi connectivity index (χ1) is 6.18. The fourth-order valence-electron chi connectivity index (χ4n) is 1.14. The smallest absolute Gasteiger partial charge is 0.269 e. The molecule has 0 aromatic carbocycles. The van der Waals surface area contributed by atoms with Crippen molar-refractivity contribution in [1.29, 1.82) is 0 Å². The molecule has 0 bridgehead atoms. The number of rotatable bonds is 1. The summed E-state index contributed by atoms with van der Waals surface area (Å²) in [7, 11) is 0. The van der Waals surface area contributed by atoms with Crippen LogP contribution >= 0.6 is 0 Å². The summed E-state index contributed by atoms with van der Waals surface area (Å²) >= 11 is 0. The molecule has 0 fully saturated rings. The molecule has 66 valence electrons. The zero-order valence-electron chi connectivity index (χ0n) is 7.06. The van der Waals surface area contributed by atoms with Crippen LogP contribution < -0.4 is 5.73 Å². The van der Waals surface area contributed by atoms with Crippen LogP contribution in [0.15, 0.2) is 18.3 Å². The number of aromatic nitrogens is 3. The highest BCUT2D eigenvalue weighted by molar-refractivity contribution is 5.91. The summed E-state index contributed by atoms with van der Waals surface area (Å²) in [5.41, 5.74) is 6.87. The first-order valence-corrected chi connectivity index (χ1v) is 3.79. The number of carbonyl (C=O) groups is 1. The topological polar surface area (TPSA) is 73.3 Å². The van der Waals surface area contributed by atoms with Crippen LogP contribution in [-0.4, -0.2) is 20.5 Å². The third-order valence-corrected chi connectivity index (χ3v) is 1.80. The molecule has 2 N–H and O–H groups in total. The Morgan fingerprint density at radius 2 is 2.38 bits per heavy atom. The van der Waals surface area contributed by atoms with Crippen LogP contribution in [0, 0.1) is 6.92 Å². The van der Waals surface area contributed by atoms with Crippen molar-refractivity contribution in [3.8, 4) is 0 Å². The maximum absolute atomic E-state index is 10.8. The monoisotopic (exact) mass is 176 g/mol. The number of nitrogens with zero attached hydrogens (tertiary/aromatic N) is 3. The Hall–Kier alpha value is -1.91. The van der Waals surface area contributed by atoms with E-state index >= 15 is 0 Å². The van der Waals surface area contributed by atoms with E-state index < -0.39 is 5.91 Å². The van der Waals surface area contributed by atoms with Gasteiger partial charge in [-0.2, -0.15) is 5.10 Å². The molecular formula is C8H8N4O. The first-order valence-electron chi connectivity index (χ1n) is 3.79. The molecule has 0 saturated heterocycles. The molecule has 0 aliphatic carbocycles. The summed E-state index contributed by atoms with van der Waals surface area (Å²) in [5, 5.41) is 3.99. The Labute approximate surface area is 74.2 Å². The molecule has 2 aromatic heterocycles. The van der Waals surface area contributed by atoms with Gasteiger partial charge in [-0.25, -0.2) is 9.50 Å². The van der Waals surface area contributed by atoms with E-state index in [4.69, 9.17) is 5.73 Å². The van der Waals surface area contributed by atoms with E-state index in [9.17, 15) is 4.79 Å². The summed E-state index contributed by atoms with van der Waals surface area (Å²) in [5.74, 6) is -0.537. The first kappa shape index (κ1) is 7.72. The number of amides is 1. The molecule has 2 rings (SSSR count). The number of primary amides is 1. The summed E-state index contributed by atoms with van der Waals surface area (Å²) in [6.07, 6.45) is 1.66. The van der Waals surface area contributed by atoms with Crippen LogP contribution in [0.5, 0.6) is 0 Å². The van der Waals surface area contributed by atoms with E-state index in [0.29, 0.717) is 5.65 Å². The van der Waals surface area contributed by atoms with E-state index in [1.807, 2.05) is 13.0 Å². The zero-order valence-corrected chi connectivity index (χ0v) is 7.06. The Balaban J connectivity index is 2.75. The van der Waals surface area contributed by atoms with E-state index in [1.54, 1.807) is 16.8 Å². The summed E-state index contributed by atoms with van der Waals surface area (Å²) in [6.45, 7) is 1.88. The molecule has 0 aliphatic rings. The number of hydrogen-bond acceptors (Lipinski definition) is 3. The quantitative estimate of drug-likeness (QED) is 0.671. The molecule has 5 heteroatoms. The van der Waals surface area contributed by atoms with Gasteiger partial charge in [0.2, 0.25) is 0 Å². The molecule has 2 aromatic rings. The van der Waals surface area contributed by atoms with Crippen LogP contribution in [0.2, 0.25) is 0 Å². The van der Waals surface area contributed by atoms with E-state index in [0.717, 1.165) is 5.69 Å². The van der Waals surface area contributed by atoms with Crippen LogP contribution in [0.1, 0.15) is 16.2 Å². The molecule has 0 radical (unpaired) electrons. The maximum atomic E-state index is 10.8. The van der Waals surface area contributed by atoms with Crippen molar-refractivity contribution in [1.82, 2.24) is 14.6 Å². The Kier molecular flexibility index (Phi) is 1.51. The molecular weight excluding hydrogens is 168 g/mol. The average molecular weight is 176 g/mol. The lowest BCUT2D eigenvalue weighted by Crippen LogP contribution is -2.11. The number of carbonyl (C=O) groups excluding carboxylic acids is 1. The lowest BCUT2D eigenvalue weighted by Gasteiger charge is -1.94. The number of nitrogens with two attached hydrogens (primary N) is 1. The second-order valence-corrected chi connectivity index (χ2v) is 2.75. The number of hydrogen-bond donors (Lipinski definition) is 1. The van der Waals surface area contributed by atoms with Gasteiger partial charge in [-0.3, -0.25) is 4.79 Å². The number of aryl methyl sites for hydroxylation is 1. The fourth-order valence-corrected chi connectivity index (χ4v) is 1.14. The van der Waals surface area contributed by atoms with Gasteiger partial charge in [-0.05, 0) is 13.0 Å². The standard InChI is InChI=1S/C8H8N4O/c1-5-2-3-10-7-4-6(8(9)13)11-12(5)7/h2-4H,1H3,(H2,9,13). The third-order valence-electron chi connectivity index (χ3n) is 1.80. The van der Waals surface area contributed by atoms with Gasteiger partial charge in [0.05, 0.1) is 0 Å². The second kappa shape index (κ2) is 2.55. The molecule has 0 saturated carbocycles. The highest BCUT2D eigenvalue weighted by Gasteiger charge is 2.07. The van der Waals surface area contributed by atoms with Crippen molar-refractivity contribution in [3.05, 3.63) is 29.7 Å². The maximum Gasteiger partial charge on any atom is 0.269 e. The molecule has 0 unspecified atom stereocenters. The second-order valence-electron chi connectivity index (χ2n) is 2.75. The Morgan fingerprint density at radius 1 is 1.62 bits per heavy atom. The van der Waals surface area contributed by atoms with Crippen molar-refractivity contribution in [3.63, 3.8) is 0 Å². The normalized spacial score (nSPS) is 10.5. The van der Waals surface area contributed by atoms with Crippen LogP contribution in [0.3, 0.4) is 0 Å². The molecule has 2 heterocycles. The highest BCUT2D eigenvalue weighted by atomic mass is 16.1. The Bertz CT molecular complexity index is 474. The van der Waals surface area contributed by atoms with E-state index in [2.05, 4.69) is 10.1 Å². The third kappa shape index (κ3) is 1.14. The van der Waals surface area contributed by atoms with Crippen molar-refractivity contribution >= 4 is 11.6 Å². The molecule has 1 amide bonds. The Morgan fingerprint density at radius 3 is 3.00 bits per heavy atom. The van der Waals surface area contributed by atoms with Gasteiger partial charge in [-0.1, -0.05) is 0 Å².